The van der Waals surface area contributed by atoms with Gasteiger partial charge in [-0.05, 0) is 51.4 Å². The van der Waals surface area contributed by atoms with E-state index in [4.69, 9.17) is 4.98 Å². The molecule has 0 saturated carbocycles. The maximum absolute atomic E-state index is 12.4. The molecule has 2 fully saturated rings. The SMILES string of the molecule is CC(C)c1cccc(N2CCC[C@]3(CCC(=O)N(CCN(C)C)C3)C2)n1. The van der Waals surface area contributed by atoms with Crippen molar-refractivity contribution in [2.75, 3.05) is 51.7 Å². The molecule has 3 heterocycles. The fourth-order valence-electron chi connectivity index (χ4n) is 4.30. The molecule has 2 aliphatic heterocycles. The molecule has 0 bridgehead atoms. The number of aromatic nitrogens is 1. The third kappa shape index (κ3) is 4.37. The predicted octanol–water partition coefficient (Wildman–Crippen LogP) is 2.98. The van der Waals surface area contributed by atoms with E-state index >= 15 is 0 Å². The molecule has 1 atom stereocenters. The molecule has 3 rings (SSSR count). The van der Waals surface area contributed by atoms with Crippen LogP contribution >= 0.6 is 0 Å². The van der Waals surface area contributed by atoms with Crippen molar-refractivity contribution in [3.8, 4) is 0 Å². The summed E-state index contributed by atoms with van der Waals surface area (Å²) >= 11 is 0. The topological polar surface area (TPSA) is 39.7 Å². The Morgan fingerprint density at radius 2 is 2.04 bits per heavy atom. The first-order valence-corrected chi connectivity index (χ1v) is 10.0. The van der Waals surface area contributed by atoms with Gasteiger partial charge in [-0.15, -0.1) is 0 Å². The Bertz CT molecular complexity index is 630. The number of anilines is 1. The summed E-state index contributed by atoms with van der Waals surface area (Å²) in [6, 6.07) is 6.39. The molecule has 0 aromatic carbocycles. The highest BCUT2D eigenvalue weighted by Crippen LogP contribution is 2.40. The minimum absolute atomic E-state index is 0.230. The van der Waals surface area contributed by atoms with Crippen molar-refractivity contribution in [2.45, 2.75) is 45.4 Å². The van der Waals surface area contributed by atoms with Crippen LogP contribution in [0.25, 0.3) is 0 Å². The summed E-state index contributed by atoms with van der Waals surface area (Å²) in [6.45, 7) is 9.16. The van der Waals surface area contributed by atoms with Gasteiger partial charge in [-0.25, -0.2) is 4.98 Å². The highest BCUT2D eigenvalue weighted by Gasteiger charge is 2.41. The average Bonchev–Trinajstić information content (AvgIpc) is 2.63. The van der Waals surface area contributed by atoms with Gasteiger partial charge in [0.05, 0.1) is 0 Å². The van der Waals surface area contributed by atoms with E-state index in [-0.39, 0.29) is 5.41 Å². The van der Waals surface area contributed by atoms with Crippen LogP contribution in [-0.4, -0.2) is 67.5 Å². The smallest absolute Gasteiger partial charge is 0.222 e. The normalized spacial score (nSPS) is 24.2. The number of likely N-dealkylation sites (tertiary alicyclic amines) is 1. The molecule has 0 unspecified atom stereocenters. The fourth-order valence-corrected chi connectivity index (χ4v) is 4.30. The largest absolute Gasteiger partial charge is 0.356 e. The van der Waals surface area contributed by atoms with Gasteiger partial charge >= 0.3 is 0 Å². The molecule has 5 heteroatoms. The van der Waals surface area contributed by atoms with E-state index in [0.29, 0.717) is 18.2 Å². The van der Waals surface area contributed by atoms with Gasteiger partial charge in [0.1, 0.15) is 5.82 Å². The van der Waals surface area contributed by atoms with E-state index in [9.17, 15) is 4.79 Å². The molecular formula is C21H34N4O. The summed E-state index contributed by atoms with van der Waals surface area (Å²) in [5, 5.41) is 0. The number of rotatable bonds is 5. The van der Waals surface area contributed by atoms with Crippen LogP contribution in [-0.2, 0) is 4.79 Å². The van der Waals surface area contributed by atoms with E-state index in [1.807, 2.05) is 0 Å². The molecule has 1 spiro atoms. The van der Waals surface area contributed by atoms with E-state index in [0.717, 1.165) is 50.7 Å². The zero-order chi connectivity index (χ0) is 18.7. The summed E-state index contributed by atoms with van der Waals surface area (Å²) in [5.41, 5.74) is 1.39. The van der Waals surface area contributed by atoms with Gasteiger partial charge in [0.2, 0.25) is 5.91 Å². The van der Waals surface area contributed by atoms with Crippen LogP contribution in [0.15, 0.2) is 18.2 Å². The first-order valence-electron chi connectivity index (χ1n) is 10.0. The van der Waals surface area contributed by atoms with Crippen molar-refractivity contribution in [1.29, 1.82) is 0 Å². The molecule has 1 aromatic rings. The second-order valence-corrected chi connectivity index (χ2v) is 8.72. The average molecular weight is 359 g/mol. The number of amides is 1. The van der Waals surface area contributed by atoms with Gasteiger partial charge in [0, 0.05) is 50.3 Å². The molecule has 1 aromatic heterocycles. The molecule has 0 radical (unpaired) electrons. The standard InChI is InChI=1S/C21H34N4O/c1-17(2)18-7-5-8-19(22-18)24-12-6-10-21(15-24)11-9-20(26)25(16-21)14-13-23(3)4/h5,7-8,17H,6,9-16H2,1-4H3/t21-/m0/s1. The Hall–Kier alpha value is -1.62. The van der Waals surface area contributed by atoms with Crippen molar-refractivity contribution >= 4 is 11.7 Å². The van der Waals surface area contributed by atoms with Crippen LogP contribution in [0.1, 0.15) is 51.1 Å². The molecule has 0 aliphatic carbocycles. The number of carbonyl (C=O) groups is 1. The summed E-state index contributed by atoms with van der Waals surface area (Å²) in [5.74, 6) is 1.88. The number of pyridine rings is 1. The lowest BCUT2D eigenvalue weighted by Crippen LogP contribution is -2.55. The van der Waals surface area contributed by atoms with Gasteiger partial charge in [-0.2, -0.15) is 0 Å². The van der Waals surface area contributed by atoms with Crippen molar-refractivity contribution in [3.05, 3.63) is 23.9 Å². The van der Waals surface area contributed by atoms with Gasteiger partial charge in [-0.3, -0.25) is 4.79 Å². The van der Waals surface area contributed by atoms with Gasteiger partial charge < -0.3 is 14.7 Å². The lowest BCUT2D eigenvalue weighted by Gasteiger charge is -2.48. The van der Waals surface area contributed by atoms with Crippen LogP contribution in [0, 0.1) is 5.41 Å². The molecular weight excluding hydrogens is 324 g/mol. The predicted molar refractivity (Wildman–Crippen MR) is 107 cm³/mol. The first-order chi connectivity index (χ1) is 12.4. The second kappa shape index (κ2) is 7.95. The summed E-state index contributed by atoms with van der Waals surface area (Å²) in [7, 11) is 4.14. The summed E-state index contributed by atoms with van der Waals surface area (Å²) in [6.07, 6.45) is 4.12. The number of piperidine rings is 2. The highest BCUT2D eigenvalue weighted by molar-refractivity contribution is 5.77. The van der Waals surface area contributed by atoms with Crippen molar-refractivity contribution in [3.63, 3.8) is 0 Å². The number of hydrogen-bond donors (Lipinski definition) is 0. The number of nitrogens with zero attached hydrogens (tertiary/aromatic N) is 4. The maximum atomic E-state index is 12.4. The lowest BCUT2D eigenvalue weighted by atomic mass is 9.73. The van der Waals surface area contributed by atoms with Crippen LogP contribution < -0.4 is 4.90 Å². The maximum Gasteiger partial charge on any atom is 0.222 e. The quantitative estimate of drug-likeness (QED) is 0.811. The molecule has 1 amide bonds. The Labute approximate surface area is 158 Å². The third-order valence-corrected chi connectivity index (χ3v) is 5.90. The van der Waals surface area contributed by atoms with Crippen molar-refractivity contribution < 1.29 is 4.79 Å². The Morgan fingerprint density at radius 3 is 2.77 bits per heavy atom. The van der Waals surface area contributed by atoms with Crippen molar-refractivity contribution in [2.24, 2.45) is 5.41 Å². The Kier molecular flexibility index (Phi) is 5.86. The minimum atomic E-state index is 0.230. The highest BCUT2D eigenvalue weighted by atomic mass is 16.2. The van der Waals surface area contributed by atoms with E-state index in [1.165, 1.54) is 12.8 Å². The van der Waals surface area contributed by atoms with E-state index in [1.54, 1.807) is 0 Å². The van der Waals surface area contributed by atoms with Crippen LogP contribution in [0.3, 0.4) is 0 Å². The number of hydrogen-bond acceptors (Lipinski definition) is 4. The van der Waals surface area contributed by atoms with Crippen molar-refractivity contribution in [1.82, 2.24) is 14.8 Å². The Morgan fingerprint density at radius 1 is 1.23 bits per heavy atom. The zero-order valence-electron chi connectivity index (χ0n) is 16.9. The summed E-state index contributed by atoms with van der Waals surface area (Å²) in [4.78, 5) is 24.0. The molecule has 26 heavy (non-hydrogen) atoms. The monoisotopic (exact) mass is 358 g/mol. The summed E-state index contributed by atoms with van der Waals surface area (Å²) < 4.78 is 0. The molecule has 0 N–H and O–H groups in total. The van der Waals surface area contributed by atoms with Gasteiger partial charge in [-0.1, -0.05) is 19.9 Å². The van der Waals surface area contributed by atoms with Crippen LogP contribution in [0.2, 0.25) is 0 Å². The zero-order valence-corrected chi connectivity index (χ0v) is 16.9. The van der Waals surface area contributed by atoms with E-state index < -0.39 is 0 Å². The van der Waals surface area contributed by atoms with Crippen LogP contribution in [0.5, 0.6) is 0 Å². The molecule has 2 aliphatic rings. The fraction of sp³-hybridized carbons (Fsp3) is 0.714. The molecule has 5 nitrogen and oxygen atoms in total. The third-order valence-electron chi connectivity index (χ3n) is 5.90. The van der Waals surface area contributed by atoms with Gasteiger partial charge in [0.15, 0.2) is 0 Å². The second-order valence-electron chi connectivity index (χ2n) is 8.72. The molecule has 2 saturated heterocycles. The Balaban J connectivity index is 1.72. The molecule has 144 valence electrons. The van der Waals surface area contributed by atoms with Gasteiger partial charge in [0.25, 0.3) is 0 Å². The lowest BCUT2D eigenvalue weighted by molar-refractivity contribution is -0.138. The van der Waals surface area contributed by atoms with E-state index in [2.05, 4.69) is 60.8 Å². The first kappa shape index (κ1) is 19.2. The van der Waals surface area contributed by atoms with Crippen LogP contribution in [0.4, 0.5) is 5.82 Å². The minimum Gasteiger partial charge on any atom is -0.356 e. The number of likely N-dealkylation sites (N-methyl/N-ethyl adjacent to an activating group) is 1. The number of carbonyl (C=O) groups excluding carboxylic acids is 1.